The Morgan fingerprint density at radius 1 is 1.18 bits per heavy atom. The SMILES string of the molecule is Cc1ccc2ncc(C(=O)Nc3ccc(-n4cncn4)c(C(F)(F)F)c3)n2c1. The predicted molar refractivity (Wildman–Crippen MR) is 94.2 cm³/mol. The third-order valence-electron chi connectivity index (χ3n) is 4.11. The number of amides is 1. The number of anilines is 1. The van der Waals surface area contributed by atoms with Crippen LogP contribution < -0.4 is 5.32 Å². The van der Waals surface area contributed by atoms with Crippen LogP contribution in [0.3, 0.4) is 0 Å². The summed E-state index contributed by atoms with van der Waals surface area (Å²) in [6.07, 6.45) is 0.777. The minimum absolute atomic E-state index is 0.00351. The third kappa shape index (κ3) is 3.20. The second-order valence-electron chi connectivity index (χ2n) is 6.10. The van der Waals surface area contributed by atoms with Crippen molar-refractivity contribution in [3.8, 4) is 5.69 Å². The Morgan fingerprint density at radius 3 is 2.71 bits per heavy atom. The first kappa shape index (κ1) is 17.7. The van der Waals surface area contributed by atoms with Crippen LogP contribution >= 0.6 is 0 Å². The lowest BCUT2D eigenvalue weighted by Crippen LogP contribution is -2.16. The number of alkyl halides is 3. The van der Waals surface area contributed by atoms with E-state index in [0.717, 1.165) is 22.6 Å². The van der Waals surface area contributed by atoms with Crippen molar-refractivity contribution in [1.29, 1.82) is 0 Å². The van der Waals surface area contributed by atoms with E-state index in [2.05, 4.69) is 20.4 Å². The number of aromatic nitrogens is 5. The summed E-state index contributed by atoms with van der Waals surface area (Å²) < 4.78 is 43.1. The number of halogens is 3. The second-order valence-corrected chi connectivity index (χ2v) is 6.10. The summed E-state index contributed by atoms with van der Waals surface area (Å²) in [5, 5.41) is 6.24. The summed E-state index contributed by atoms with van der Waals surface area (Å²) in [7, 11) is 0. The van der Waals surface area contributed by atoms with Crippen molar-refractivity contribution >= 4 is 17.2 Å². The number of aryl methyl sites for hydroxylation is 1. The van der Waals surface area contributed by atoms with Crippen molar-refractivity contribution in [1.82, 2.24) is 24.1 Å². The molecular formula is C18H13F3N6O. The Labute approximate surface area is 156 Å². The molecule has 142 valence electrons. The first-order valence-corrected chi connectivity index (χ1v) is 8.14. The van der Waals surface area contributed by atoms with Crippen molar-refractivity contribution in [2.24, 2.45) is 0 Å². The van der Waals surface area contributed by atoms with Gasteiger partial charge in [-0.2, -0.15) is 18.3 Å². The van der Waals surface area contributed by atoms with Crippen LogP contribution in [0.4, 0.5) is 18.9 Å². The average Bonchev–Trinajstić information content (AvgIpc) is 3.30. The molecule has 3 heterocycles. The topological polar surface area (TPSA) is 77.1 Å². The molecule has 0 atom stereocenters. The maximum absolute atomic E-state index is 13.5. The zero-order valence-corrected chi connectivity index (χ0v) is 14.5. The van der Waals surface area contributed by atoms with Gasteiger partial charge >= 0.3 is 6.18 Å². The van der Waals surface area contributed by atoms with Gasteiger partial charge in [0.15, 0.2) is 0 Å². The molecule has 28 heavy (non-hydrogen) atoms. The van der Waals surface area contributed by atoms with Gasteiger partial charge in [0.1, 0.15) is 24.0 Å². The largest absolute Gasteiger partial charge is 0.418 e. The number of carbonyl (C=O) groups is 1. The summed E-state index contributed by atoms with van der Waals surface area (Å²) in [6.45, 7) is 1.86. The minimum Gasteiger partial charge on any atom is -0.321 e. The molecule has 0 saturated heterocycles. The van der Waals surface area contributed by atoms with Crippen LogP contribution in [-0.2, 0) is 6.18 Å². The van der Waals surface area contributed by atoms with Crippen molar-refractivity contribution < 1.29 is 18.0 Å². The fourth-order valence-electron chi connectivity index (χ4n) is 2.82. The number of hydrogen-bond donors (Lipinski definition) is 1. The van der Waals surface area contributed by atoms with Gasteiger partial charge in [-0.3, -0.25) is 9.20 Å². The molecule has 0 bridgehead atoms. The molecule has 1 amide bonds. The lowest BCUT2D eigenvalue weighted by Gasteiger charge is -2.14. The highest BCUT2D eigenvalue weighted by Gasteiger charge is 2.34. The molecule has 1 aromatic carbocycles. The molecule has 0 aliphatic rings. The number of nitrogens with one attached hydrogen (secondary N) is 1. The lowest BCUT2D eigenvalue weighted by atomic mass is 10.1. The van der Waals surface area contributed by atoms with E-state index in [1.165, 1.54) is 24.7 Å². The number of benzene rings is 1. The van der Waals surface area contributed by atoms with Crippen LogP contribution in [-0.4, -0.2) is 30.1 Å². The van der Waals surface area contributed by atoms with Gasteiger partial charge in [0, 0.05) is 11.9 Å². The van der Waals surface area contributed by atoms with E-state index in [4.69, 9.17) is 0 Å². The molecule has 4 rings (SSSR count). The first-order valence-electron chi connectivity index (χ1n) is 8.14. The van der Waals surface area contributed by atoms with Gasteiger partial charge in [0.2, 0.25) is 0 Å². The van der Waals surface area contributed by atoms with E-state index < -0.39 is 17.6 Å². The zero-order valence-electron chi connectivity index (χ0n) is 14.5. The van der Waals surface area contributed by atoms with Crippen LogP contribution in [0.1, 0.15) is 21.6 Å². The summed E-state index contributed by atoms with van der Waals surface area (Å²) >= 11 is 0. The molecule has 0 aliphatic carbocycles. The predicted octanol–water partition coefficient (Wildman–Crippen LogP) is 3.49. The molecule has 0 saturated carbocycles. The van der Waals surface area contributed by atoms with Gasteiger partial charge in [-0.15, -0.1) is 0 Å². The van der Waals surface area contributed by atoms with Gasteiger partial charge in [-0.25, -0.2) is 14.6 Å². The van der Waals surface area contributed by atoms with Crippen LogP contribution in [0.5, 0.6) is 0 Å². The van der Waals surface area contributed by atoms with Crippen molar-refractivity contribution in [3.63, 3.8) is 0 Å². The number of hydrogen-bond acceptors (Lipinski definition) is 4. The number of fused-ring (bicyclic) bond motifs is 1. The highest BCUT2D eigenvalue weighted by molar-refractivity contribution is 6.03. The van der Waals surface area contributed by atoms with E-state index in [0.29, 0.717) is 5.65 Å². The Bertz CT molecular complexity index is 1160. The zero-order chi connectivity index (χ0) is 19.9. The van der Waals surface area contributed by atoms with Crippen LogP contribution in [0.25, 0.3) is 11.3 Å². The summed E-state index contributed by atoms with van der Waals surface area (Å²) in [4.78, 5) is 20.4. The molecule has 10 heteroatoms. The molecule has 0 unspecified atom stereocenters. The standard InChI is InChI=1S/C18H13F3N6O/c1-11-2-5-16-23-7-15(26(16)8-11)17(28)25-12-3-4-14(27-10-22-9-24-27)13(6-12)18(19,20)21/h2-10H,1H3,(H,25,28). The van der Waals surface area contributed by atoms with Crippen LogP contribution in [0, 0.1) is 6.92 Å². The maximum atomic E-state index is 13.5. The lowest BCUT2D eigenvalue weighted by molar-refractivity contribution is -0.137. The molecule has 0 radical (unpaired) electrons. The second kappa shape index (κ2) is 6.48. The number of carbonyl (C=O) groups excluding carboxylic acids is 1. The smallest absolute Gasteiger partial charge is 0.321 e. The Morgan fingerprint density at radius 2 is 2.00 bits per heavy atom. The molecule has 0 spiro atoms. The molecule has 7 nitrogen and oxygen atoms in total. The van der Waals surface area contributed by atoms with E-state index in [-0.39, 0.29) is 17.1 Å². The monoisotopic (exact) mass is 386 g/mol. The minimum atomic E-state index is -4.64. The quantitative estimate of drug-likeness (QED) is 0.585. The van der Waals surface area contributed by atoms with Gasteiger partial charge in [0.05, 0.1) is 17.4 Å². The Hall–Kier alpha value is -3.69. The fraction of sp³-hybridized carbons (Fsp3) is 0.111. The van der Waals surface area contributed by atoms with Crippen molar-refractivity contribution in [2.75, 3.05) is 5.32 Å². The van der Waals surface area contributed by atoms with E-state index in [1.54, 1.807) is 16.7 Å². The number of rotatable bonds is 3. The highest BCUT2D eigenvalue weighted by atomic mass is 19.4. The number of imidazole rings is 1. The summed E-state index contributed by atoms with van der Waals surface area (Å²) in [5.41, 5.74) is 0.568. The van der Waals surface area contributed by atoms with Crippen molar-refractivity contribution in [2.45, 2.75) is 13.1 Å². The Balaban J connectivity index is 1.69. The fourth-order valence-corrected chi connectivity index (χ4v) is 2.82. The van der Waals surface area contributed by atoms with Crippen LogP contribution in [0.15, 0.2) is 55.4 Å². The van der Waals surface area contributed by atoms with E-state index in [9.17, 15) is 18.0 Å². The number of nitrogens with zero attached hydrogens (tertiary/aromatic N) is 5. The van der Waals surface area contributed by atoms with E-state index in [1.807, 2.05) is 13.0 Å². The summed E-state index contributed by atoms with van der Waals surface area (Å²) in [6, 6.07) is 7.07. The Kier molecular flexibility index (Phi) is 4.10. The van der Waals surface area contributed by atoms with Crippen LogP contribution in [0.2, 0.25) is 0 Å². The molecular weight excluding hydrogens is 373 g/mol. The average molecular weight is 386 g/mol. The normalized spacial score (nSPS) is 11.7. The number of pyridine rings is 1. The molecule has 0 aliphatic heterocycles. The highest BCUT2D eigenvalue weighted by Crippen LogP contribution is 2.35. The molecule has 4 aromatic rings. The van der Waals surface area contributed by atoms with Gasteiger partial charge in [0.25, 0.3) is 5.91 Å². The van der Waals surface area contributed by atoms with Gasteiger partial charge < -0.3 is 5.32 Å². The maximum Gasteiger partial charge on any atom is 0.418 e. The van der Waals surface area contributed by atoms with Crippen molar-refractivity contribution in [3.05, 3.63) is 72.2 Å². The van der Waals surface area contributed by atoms with Gasteiger partial charge in [-0.05, 0) is 36.8 Å². The molecule has 0 fully saturated rings. The van der Waals surface area contributed by atoms with E-state index >= 15 is 0 Å². The third-order valence-corrected chi connectivity index (χ3v) is 4.11. The molecule has 3 aromatic heterocycles. The van der Waals surface area contributed by atoms with Gasteiger partial charge in [-0.1, -0.05) is 6.07 Å². The first-order chi connectivity index (χ1) is 13.3. The summed E-state index contributed by atoms with van der Waals surface area (Å²) in [5.74, 6) is -0.570. The molecule has 1 N–H and O–H groups in total.